The van der Waals surface area contributed by atoms with Gasteiger partial charge in [-0.2, -0.15) is 0 Å². The van der Waals surface area contributed by atoms with Crippen LogP contribution in [0.25, 0.3) is 0 Å². The van der Waals surface area contributed by atoms with Crippen LogP contribution in [-0.4, -0.2) is 28.1 Å². The maximum absolute atomic E-state index is 12.4. The summed E-state index contributed by atoms with van der Waals surface area (Å²) in [6, 6.07) is 14.3. The molecule has 0 radical (unpaired) electrons. The summed E-state index contributed by atoms with van der Waals surface area (Å²) in [4.78, 5) is 35.4. The normalized spacial score (nSPS) is 11.4. The van der Waals surface area contributed by atoms with Gasteiger partial charge in [0.1, 0.15) is 5.69 Å². The van der Waals surface area contributed by atoms with E-state index in [1.807, 2.05) is 6.07 Å². The molecule has 2 aromatic carbocycles. The van der Waals surface area contributed by atoms with Crippen molar-refractivity contribution in [2.24, 2.45) is 0 Å². The van der Waals surface area contributed by atoms with Gasteiger partial charge in [0.25, 0.3) is 11.6 Å². The lowest BCUT2D eigenvalue weighted by molar-refractivity contribution is -0.383. The lowest BCUT2D eigenvalue weighted by Gasteiger charge is -2.13. The summed E-state index contributed by atoms with van der Waals surface area (Å²) in [5.74, 6) is -1.38. The average Bonchev–Trinajstić information content (AvgIpc) is 3.13. The van der Waals surface area contributed by atoms with Crippen molar-refractivity contribution in [1.82, 2.24) is 5.16 Å². The van der Waals surface area contributed by atoms with Gasteiger partial charge in [-0.05, 0) is 38.1 Å². The third-order valence-corrected chi connectivity index (χ3v) is 4.01. The zero-order valence-corrected chi connectivity index (χ0v) is 16.1. The highest BCUT2D eigenvalue weighted by Crippen LogP contribution is 2.29. The molecule has 0 spiro atoms. The molecular weight excluding hydrogens is 392 g/mol. The molecule has 1 heterocycles. The second-order valence-corrected chi connectivity index (χ2v) is 6.35. The van der Waals surface area contributed by atoms with Crippen LogP contribution in [-0.2, 0) is 9.53 Å². The van der Waals surface area contributed by atoms with Crippen LogP contribution < -0.4 is 10.6 Å². The highest BCUT2D eigenvalue weighted by Gasteiger charge is 2.23. The predicted octanol–water partition coefficient (Wildman–Crippen LogP) is 3.82. The molecule has 30 heavy (non-hydrogen) atoms. The Bertz CT molecular complexity index is 1080. The van der Waals surface area contributed by atoms with Crippen LogP contribution in [0.1, 0.15) is 23.0 Å². The molecule has 0 aliphatic rings. The number of nitrogens with zero attached hydrogens (tertiary/aromatic N) is 2. The van der Waals surface area contributed by atoms with Crippen LogP contribution in [0.15, 0.2) is 59.1 Å². The number of carbonyl (C=O) groups is 2. The molecule has 1 atom stereocenters. The van der Waals surface area contributed by atoms with E-state index in [2.05, 4.69) is 15.8 Å². The topological polar surface area (TPSA) is 137 Å². The molecular formula is C20H18N4O6. The Morgan fingerprint density at radius 1 is 1.17 bits per heavy atom. The van der Waals surface area contributed by atoms with Gasteiger partial charge in [-0.25, -0.2) is 4.79 Å². The van der Waals surface area contributed by atoms with E-state index in [1.165, 1.54) is 25.1 Å². The number of ether oxygens (including phenoxy) is 1. The van der Waals surface area contributed by atoms with E-state index in [1.54, 1.807) is 31.2 Å². The Labute approximate surface area is 171 Å². The number of para-hydroxylation sites is 1. The molecule has 1 aromatic heterocycles. The van der Waals surface area contributed by atoms with Gasteiger partial charge >= 0.3 is 5.97 Å². The molecule has 10 heteroatoms. The maximum Gasteiger partial charge on any atom is 0.339 e. The highest BCUT2D eigenvalue weighted by molar-refractivity contribution is 5.97. The van der Waals surface area contributed by atoms with Crippen molar-refractivity contribution in [3.63, 3.8) is 0 Å². The number of benzene rings is 2. The van der Waals surface area contributed by atoms with Gasteiger partial charge in [-0.1, -0.05) is 23.4 Å². The third-order valence-electron chi connectivity index (χ3n) is 4.01. The Kier molecular flexibility index (Phi) is 6.06. The third kappa shape index (κ3) is 4.98. The van der Waals surface area contributed by atoms with Gasteiger partial charge in [-0.3, -0.25) is 20.2 Å². The summed E-state index contributed by atoms with van der Waals surface area (Å²) in [7, 11) is 0. The molecule has 3 aromatic rings. The van der Waals surface area contributed by atoms with Crippen molar-refractivity contribution in [3.05, 3.63) is 76.0 Å². The molecule has 0 fully saturated rings. The van der Waals surface area contributed by atoms with Crippen molar-refractivity contribution in [3.8, 4) is 0 Å². The molecule has 1 amide bonds. The van der Waals surface area contributed by atoms with Crippen molar-refractivity contribution < 1.29 is 23.8 Å². The molecule has 2 N–H and O–H groups in total. The summed E-state index contributed by atoms with van der Waals surface area (Å²) < 4.78 is 9.99. The molecule has 3 rings (SSSR count). The van der Waals surface area contributed by atoms with Crippen LogP contribution >= 0.6 is 0 Å². The smallest absolute Gasteiger partial charge is 0.339 e. The number of aromatic nitrogens is 1. The monoisotopic (exact) mass is 410 g/mol. The summed E-state index contributed by atoms with van der Waals surface area (Å²) in [5.41, 5.74) is 1.09. The summed E-state index contributed by atoms with van der Waals surface area (Å²) in [6.45, 7) is 3.06. The van der Waals surface area contributed by atoms with E-state index in [0.717, 1.165) is 6.07 Å². The standard InChI is InChI=1S/C20H18N4O6/c1-12-10-18(30-23-12)22-19(25)13(2)29-20(26)14-8-9-16(17(11-14)24(27)28)21-15-6-4-3-5-7-15/h3-11,13,21H,1-2H3,(H,22,25). The van der Waals surface area contributed by atoms with Gasteiger partial charge < -0.3 is 14.6 Å². The number of carbonyl (C=O) groups excluding carboxylic acids is 2. The summed E-state index contributed by atoms with van der Waals surface area (Å²) in [6.07, 6.45) is -1.16. The first-order valence-electron chi connectivity index (χ1n) is 8.89. The van der Waals surface area contributed by atoms with Crippen molar-refractivity contribution in [2.75, 3.05) is 10.6 Å². The number of aryl methyl sites for hydroxylation is 1. The Morgan fingerprint density at radius 2 is 1.90 bits per heavy atom. The summed E-state index contributed by atoms with van der Waals surface area (Å²) in [5, 5.41) is 20.4. The first-order chi connectivity index (χ1) is 14.3. The predicted molar refractivity (Wildman–Crippen MR) is 108 cm³/mol. The minimum absolute atomic E-state index is 0.0597. The van der Waals surface area contributed by atoms with Crippen LogP contribution in [0.5, 0.6) is 0 Å². The molecule has 154 valence electrons. The second kappa shape index (κ2) is 8.86. The van der Waals surface area contributed by atoms with Crippen molar-refractivity contribution in [2.45, 2.75) is 20.0 Å². The maximum atomic E-state index is 12.4. The molecule has 0 aliphatic heterocycles. The van der Waals surface area contributed by atoms with Gasteiger partial charge in [0.15, 0.2) is 6.10 Å². The zero-order chi connectivity index (χ0) is 21.7. The number of rotatable bonds is 7. The van der Waals surface area contributed by atoms with Gasteiger partial charge in [0, 0.05) is 17.8 Å². The first kappa shape index (κ1) is 20.5. The number of esters is 1. The minimum Gasteiger partial charge on any atom is -0.449 e. The fraction of sp³-hybridized carbons (Fsp3) is 0.150. The SMILES string of the molecule is Cc1cc(NC(=O)C(C)OC(=O)c2ccc(Nc3ccccc3)c([N+](=O)[O-])c2)on1. The van der Waals surface area contributed by atoms with E-state index in [0.29, 0.717) is 11.4 Å². The number of anilines is 3. The quantitative estimate of drug-likeness (QED) is 0.341. The average molecular weight is 410 g/mol. The van der Waals surface area contributed by atoms with Crippen LogP contribution in [0, 0.1) is 17.0 Å². The molecule has 1 unspecified atom stereocenters. The lowest BCUT2D eigenvalue weighted by atomic mass is 10.1. The van der Waals surface area contributed by atoms with Crippen molar-refractivity contribution >= 4 is 34.8 Å². The van der Waals surface area contributed by atoms with Gasteiger partial charge in [0.2, 0.25) is 5.88 Å². The Morgan fingerprint density at radius 3 is 2.53 bits per heavy atom. The number of nitro groups is 1. The van der Waals surface area contributed by atoms with E-state index in [4.69, 9.17) is 9.26 Å². The lowest BCUT2D eigenvalue weighted by Crippen LogP contribution is -2.29. The van der Waals surface area contributed by atoms with Crippen LogP contribution in [0.2, 0.25) is 0 Å². The number of hydrogen-bond donors (Lipinski definition) is 2. The first-order valence-corrected chi connectivity index (χ1v) is 8.89. The number of hydrogen-bond acceptors (Lipinski definition) is 8. The highest BCUT2D eigenvalue weighted by atomic mass is 16.6. The van der Waals surface area contributed by atoms with E-state index < -0.39 is 22.9 Å². The fourth-order valence-electron chi connectivity index (χ4n) is 2.52. The van der Waals surface area contributed by atoms with Crippen molar-refractivity contribution in [1.29, 1.82) is 0 Å². The fourth-order valence-corrected chi connectivity index (χ4v) is 2.52. The van der Waals surface area contributed by atoms with E-state index >= 15 is 0 Å². The molecule has 0 bridgehead atoms. The second-order valence-electron chi connectivity index (χ2n) is 6.35. The number of amides is 1. The van der Waals surface area contributed by atoms with Gasteiger partial charge in [0.05, 0.1) is 16.2 Å². The van der Waals surface area contributed by atoms with Crippen LogP contribution in [0.3, 0.4) is 0 Å². The van der Waals surface area contributed by atoms with E-state index in [9.17, 15) is 19.7 Å². The Balaban J connectivity index is 1.71. The number of nitro benzene ring substituents is 1. The molecule has 10 nitrogen and oxygen atoms in total. The molecule has 0 saturated heterocycles. The van der Waals surface area contributed by atoms with Gasteiger partial charge in [-0.15, -0.1) is 0 Å². The van der Waals surface area contributed by atoms with E-state index in [-0.39, 0.29) is 22.8 Å². The summed E-state index contributed by atoms with van der Waals surface area (Å²) >= 11 is 0. The number of nitrogens with one attached hydrogen (secondary N) is 2. The Hall–Kier alpha value is -4.21. The minimum atomic E-state index is -1.16. The largest absolute Gasteiger partial charge is 0.449 e. The zero-order valence-electron chi connectivity index (χ0n) is 16.1. The molecule has 0 saturated carbocycles. The van der Waals surface area contributed by atoms with Crippen LogP contribution in [0.4, 0.5) is 22.9 Å². The molecule has 0 aliphatic carbocycles.